The van der Waals surface area contributed by atoms with E-state index in [1.807, 2.05) is 0 Å². The summed E-state index contributed by atoms with van der Waals surface area (Å²) < 4.78 is 38.2. The van der Waals surface area contributed by atoms with Gasteiger partial charge in [-0.15, -0.1) is 0 Å². The molecule has 0 radical (unpaired) electrons. The van der Waals surface area contributed by atoms with Gasteiger partial charge in [0.15, 0.2) is 0 Å². The van der Waals surface area contributed by atoms with Gasteiger partial charge in [-0.3, -0.25) is 4.79 Å². The Morgan fingerprint density at radius 3 is 2.50 bits per heavy atom. The maximum absolute atomic E-state index is 12.7. The van der Waals surface area contributed by atoms with E-state index in [0.29, 0.717) is 19.5 Å². The summed E-state index contributed by atoms with van der Waals surface area (Å²) in [6.45, 7) is 0.905. The van der Waals surface area contributed by atoms with Crippen molar-refractivity contribution in [2.75, 3.05) is 18.4 Å². The minimum atomic E-state index is -4.62. The topological polar surface area (TPSA) is 81.1 Å². The lowest BCUT2D eigenvalue weighted by molar-refractivity contribution is -0.137. The molecule has 0 saturated carbocycles. The summed E-state index contributed by atoms with van der Waals surface area (Å²) in [4.78, 5) is 10.9. The number of halogens is 3. The van der Waals surface area contributed by atoms with Gasteiger partial charge in [0, 0.05) is 12.2 Å². The van der Waals surface area contributed by atoms with Crippen LogP contribution in [0.1, 0.15) is 22.3 Å². The summed E-state index contributed by atoms with van der Waals surface area (Å²) in [6.07, 6.45) is -3.98. The molecule has 0 saturated heterocycles. The van der Waals surface area contributed by atoms with Crippen molar-refractivity contribution in [1.82, 2.24) is 0 Å². The molecule has 18 heavy (non-hydrogen) atoms. The Bertz CT molecular complexity index is 432. The minimum absolute atomic E-state index is 0.278. The Balaban J connectivity index is 3.02. The van der Waals surface area contributed by atoms with Crippen LogP contribution in [0, 0.1) is 0 Å². The van der Waals surface area contributed by atoms with E-state index in [1.54, 1.807) is 0 Å². The maximum atomic E-state index is 12.7. The van der Waals surface area contributed by atoms with Crippen LogP contribution < -0.4 is 16.8 Å². The number of primary amides is 1. The molecule has 0 aromatic heterocycles. The lowest BCUT2D eigenvalue weighted by Crippen LogP contribution is -2.19. The van der Waals surface area contributed by atoms with Gasteiger partial charge in [-0.1, -0.05) is 0 Å². The number of hydrogen-bond donors (Lipinski definition) is 3. The van der Waals surface area contributed by atoms with Gasteiger partial charge in [-0.05, 0) is 31.2 Å². The molecule has 1 aromatic rings. The largest absolute Gasteiger partial charge is 0.417 e. The van der Waals surface area contributed by atoms with Crippen LogP contribution in [0.15, 0.2) is 18.2 Å². The predicted octanol–water partition coefficient (Wildman–Crippen LogP) is 1.56. The maximum Gasteiger partial charge on any atom is 0.417 e. The van der Waals surface area contributed by atoms with Crippen LogP contribution in [0.25, 0.3) is 0 Å². The SMILES string of the molecule is NCCCNc1ccc(C(N)=O)c(C(F)(F)F)c1. The second-order valence-corrected chi connectivity index (χ2v) is 3.69. The Hall–Kier alpha value is -1.76. The monoisotopic (exact) mass is 261 g/mol. The van der Waals surface area contributed by atoms with Crippen molar-refractivity contribution >= 4 is 11.6 Å². The highest BCUT2D eigenvalue weighted by molar-refractivity contribution is 5.95. The highest BCUT2D eigenvalue weighted by Crippen LogP contribution is 2.33. The lowest BCUT2D eigenvalue weighted by atomic mass is 10.1. The third kappa shape index (κ3) is 3.63. The average Bonchev–Trinajstić information content (AvgIpc) is 2.28. The first-order chi connectivity index (χ1) is 8.36. The van der Waals surface area contributed by atoms with E-state index in [0.717, 1.165) is 12.1 Å². The molecule has 0 bridgehead atoms. The van der Waals surface area contributed by atoms with E-state index in [-0.39, 0.29) is 5.69 Å². The van der Waals surface area contributed by atoms with Crippen molar-refractivity contribution in [2.24, 2.45) is 11.5 Å². The van der Waals surface area contributed by atoms with Crippen molar-refractivity contribution in [2.45, 2.75) is 12.6 Å². The summed E-state index contributed by atoms with van der Waals surface area (Å²) in [5, 5.41) is 2.79. The number of anilines is 1. The van der Waals surface area contributed by atoms with Crippen LogP contribution in [0.4, 0.5) is 18.9 Å². The fourth-order valence-electron chi connectivity index (χ4n) is 1.44. The molecular weight excluding hydrogens is 247 g/mol. The van der Waals surface area contributed by atoms with Gasteiger partial charge in [0.2, 0.25) is 5.91 Å². The Morgan fingerprint density at radius 1 is 1.33 bits per heavy atom. The van der Waals surface area contributed by atoms with Crippen molar-refractivity contribution in [3.8, 4) is 0 Å². The molecule has 1 amide bonds. The van der Waals surface area contributed by atoms with Gasteiger partial charge in [0.1, 0.15) is 0 Å². The summed E-state index contributed by atoms with van der Waals surface area (Å²) in [5.41, 5.74) is 8.89. The number of amides is 1. The number of carbonyl (C=O) groups excluding carboxylic acids is 1. The van der Waals surface area contributed by atoms with Gasteiger partial charge < -0.3 is 16.8 Å². The van der Waals surface area contributed by atoms with Gasteiger partial charge >= 0.3 is 6.18 Å². The second-order valence-electron chi connectivity index (χ2n) is 3.69. The van der Waals surface area contributed by atoms with Crippen molar-refractivity contribution in [3.63, 3.8) is 0 Å². The molecule has 0 aliphatic rings. The first-order valence-corrected chi connectivity index (χ1v) is 5.31. The van der Waals surface area contributed by atoms with E-state index in [2.05, 4.69) is 5.32 Å². The number of hydrogen-bond acceptors (Lipinski definition) is 3. The van der Waals surface area contributed by atoms with Crippen LogP contribution in [-0.2, 0) is 6.18 Å². The van der Waals surface area contributed by atoms with Crippen LogP contribution in [0.3, 0.4) is 0 Å². The lowest BCUT2D eigenvalue weighted by Gasteiger charge is -2.13. The molecule has 0 fully saturated rings. The number of carbonyl (C=O) groups is 1. The number of nitrogens with one attached hydrogen (secondary N) is 1. The standard InChI is InChI=1S/C11H14F3N3O/c12-11(13,14)9-6-7(17-5-1-4-15)2-3-8(9)10(16)18/h2-3,6,17H,1,4-5,15H2,(H2,16,18). The van der Waals surface area contributed by atoms with E-state index in [9.17, 15) is 18.0 Å². The molecule has 4 nitrogen and oxygen atoms in total. The van der Waals surface area contributed by atoms with Crippen molar-refractivity contribution < 1.29 is 18.0 Å². The summed E-state index contributed by atoms with van der Waals surface area (Å²) in [5.74, 6) is -1.10. The number of nitrogens with two attached hydrogens (primary N) is 2. The van der Waals surface area contributed by atoms with Crippen LogP contribution in [0.5, 0.6) is 0 Å². The molecular formula is C11H14F3N3O. The zero-order chi connectivity index (χ0) is 13.8. The normalized spacial score (nSPS) is 11.3. The Morgan fingerprint density at radius 2 is 2.00 bits per heavy atom. The fourth-order valence-corrected chi connectivity index (χ4v) is 1.44. The average molecular weight is 261 g/mol. The third-order valence-corrected chi connectivity index (χ3v) is 2.30. The van der Waals surface area contributed by atoms with Crippen LogP contribution in [0.2, 0.25) is 0 Å². The van der Waals surface area contributed by atoms with Crippen molar-refractivity contribution in [1.29, 1.82) is 0 Å². The van der Waals surface area contributed by atoms with Crippen molar-refractivity contribution in [3.05, 3.63) is 29.3 Å². The number of benzene rings is 1. The molecule has 0 atom stereocenters. The molecule has 0 unspecified atom stereocenters. The second kappa shape index (κ2) is 5.72. The van der Waals surface area contributed by atoms with Gasteiger partial charge in [0.05, 0.1) is 11.1 Å². The first-order valence-electron chi connectivity index (χ1n) is 5.31. The van der Waals surface area contributed by atoms with Crippen LogP contribution in [-0.4, -0.2) is 19.0 Å². The molecule has 100 valence electrons. The highest BCUT2D eigenvalue weighted by Gasteiger charge is 2.35. The number of alkyl halides is 3. The quantitative estimate of drug-likeness (QED) is 0.704. The third-order valence-electron chi connectivity index (χ3n) is 2.30. The van der Waals surface area contributed by atoms with E-state index in [1.165, 1.54) is 6.07 Å². The minimum Gasteiger partial charge on any atom is -0.385 e. The molecule has 1 aromatic carbocycles. The molecule has 0 heterocycles. The van der Waals surface area contributed by atoms with Gasteiger partial charge in [-0.2, -0.15) is 13.2 Å². The summed E-state index contributed by atoms with van der Waals surface area (Å²) >= 11 is 0. The molecule has 5 N–H and O–H groups in total. The molecule has 1 rings (SSSR count). The molecule has 0 aliphatic heterocycles. The highest BCUT2D eigenvalue weighted by atomic mass is 19.4. The van der Waals surface area contributed by atoms with E-state index < -0.39 is 23.2 Å². The van der Waals surface area contributed by atoms with E-state index in [4.69, 9.17) is 11.5 Å². The predicted molar refractivity (Wildman–Crippen MR) is 62.1 cm³/mol. The van der Waals surface area contributed by atoms with Crippen LogP contribution >= 0.6 is 0 Å². The smallest absolute Gasteiger partial charge is 0.385 e. The molecule has 7 heteroatoms. The fraction of sp³-hybridized carbons (Fsp3) is 0.364. The van der Waals surface area contributed by atoms with Gasteiger partial charge in [0.25, 0.3) is 0 Å². The van der Waals surface area contributed by atoms with Gasteiger partial charge in [-0.25, -0.2) is 0 Å². The Kier molecular flexibility index (Phi) is 4.55. The first kappa shape index (κ1) is 14.3. The molecule has 0 spiro atoms. The zero-order valence-electron chi connectivity index (χ0n) is 9.55. The zero-order valence-corrected chi connectivity index (χ0v) is 9.55. The summed E-state index contributed by atoms with van der Waals surface area (Å²) in [6, 6.07) is 3.32. The van der Waals surface area contributed by atoms with E-state index >= 15 is 0 Å². The Labute approximate surface area is 102 Å². The summed E-state index contributed by atoms with van der Waals surface area (Å²) in [7, 11) is 0. The molecule has 0 aliphatic carbocycles. The number of rotatable bonds is 5.